The first-order valence-electron chi connectivity index (χ1n) is 32.7. The fourth-order valence-corrected chi connectivity index (χ4v) is 16.3. The smallest absolute Gasteiger partial charge is 0.268 e. The summed E-state index contributed by atoms with van der Waals surface area (Å²) >= 11 is 13.5. The number of methoxy groups -OCH3 is 4. The highest BCUT2D eigenvalue weighted by atomic mass is 35.5. The van der Waals surface area contributed by atoms with Crippen LogP contribution < -0.4 is 43.5 Å². The molecule has 22 nitrogen and oxygen atoms in total. The van der Waals surface area contributed by atoms with E-state index < -0.39 is 41.5 Å². The Kier molecular flexibility index (Phi) is 25.8. The van der Waals surface area contributed by atoms with Crippen molar-refractivity contribution < 1.29 is 54.2 Å². The molecular weight excluding hydrogens is 1380 g/mol. The molecule has 0 saturated heterocycles. The van der Waals surface area contributed by atoms with Crippen molar-refractivity contribution in [2.24, 2.45) is 0 Å². The van der Waals surface area contributed by atoms with Crippen LogP contribution in [0.4, 0.5) is 31.8 Å². The Balaban J connectivity index is 0.000000235. The van der Waals surface area contributed by atoms with E-state index >= 15 is 8.78 Å². The number of anilines is 4. The number of benzene rings is 6. The Bertz CT molecular complexity index is 4420. The topological polar surface area (TPSA) is 243 Å². The Morgan fingerprint density at radius 1 is 0.545 bits per heavy atom. The summed E-state index contributed by atoms with van der Waals surface area (Å²) in [6, 6.07) is 32.8. The molecule has 2 saturated carbocycles. The van der Waals surface area contributed by atoms with Gasteiger partial charge in [-0.15, -0.1) is 0 Å². The van der Waals surface area contributed by atoms with E-state index in [1.54, 1.807) is 53.2 Å². The van der Waals surface area contributed by atoms with Gasteiger partial charge in [-0.25, -0.2) is 54.2 Å². The number of likely N-dealkylation sites (N-methyl/N-ethyl adjacent to an activating group) is 3. The molecule has 0 spiro atoms. The summed E-state index contributed by atoms with van der Waals surface area (Å²) in [6.45, 7) is 4.10. The molecular formula is C73H86Cl2F2N12O10S2. The van der Waals surface area contributed by atoms with Gasteiger partial charge in [0.1, 0.15) is 68.7 Å². The summed E-state index contributed by atoms with van der Waals surface area (Å²) in [5, 5.41) is 9.90. The maximum absolute atomic E-state index is 16.1. The Labute approximate surface area is 600 Å². The molecule has 2 amide bonds. The fraction of sp³-hybridized carbons (Fsp3) is 0.370. The van der Waals surface area contributed by atoms with Gasteiger partial charge in [0.25, 0.3) is 20.0 Å². The molecule has 6 aromatic carbocycles. The summed E-state index contributed by atoms with van der Waals surface area (Å²) in [5.74, 6) is 0.114. The molecule has 2 aromatic heterocycles. The molecule has 2 aliphatic rings. The number of carbonyl (C=O) groups is 2. The highest BCUT2D eigenvalue weighted by Gasteiger charge is 2.39. The lowest BCUT2D eigenvalue weighted by Gasteiger charge is -2.42. The number of aryl methyl sites for hydroxylation is 2. The fourth-order valence-electron chi connectivity index (χ4n) is 12.8. The largest absolute Gasteiger partial charge is 0.497 e. The van der Waals surface area contributed by atoms with Crippen LogP contribution in [-0.4, -0.2) is 164 Å². The Morgan fingerprint density at radius 3 is 1.43 bits per heavy atom. The van der Waals surface area contributed by atoms with E-state index in [0.717, 1.165) is 51.3 Å². The first-order valence-corrected chi connectivity index (χ1v) is 36.3. The molecule has 0 unspecified atom stereocenters. The van der Waals surface area contributed by atoms with Gasteiger partial charge >= 0.3 is 0 Å². The highest BCUT2D eigenvalue weighted by molar-refractivity contribution is 7.93. The molecule has 3 N–H and O–H groups in total. The van der Waals surface area contributed by atoms with E-state index in [-0.39, 0.29) is 107 Å². The molecule has 0 radical (unpaired) electrons. The number of rotatable bonds is 26. The van der Waals surface area contributed by atoms with E-state index in [1.807, 2.05) is 45.2 Å². The number of amides is 2. The molecule has 2 fully saturated rings. The molecule has 538 valence electrons. The van der Waals surface area contributed by atoms with Gasteiger partial charge in [0, 0.05) is 73.0 Å². The van der Waals surface area contributed by atoms with Gasteiger partial charge in [-0.05, 0) is 152 Å². The van der Waals surface area contributed by atoms with Gasteiger partial charge in [-0.1, -0.05) is 82.9 Å². The molecule has 2 aliphatic carbocycles. The maximum Gasteiger partial charge on any atom is 0.268 e. The zero-order valence-corrected chi connectivity index (χ0v) is 61.5. The van der Waals surface area contributed by atoms with Crippen LogP contribution in [0.5, 0.6) is 23.0 Å². The van der Waals surface area contributed by atoms with Crippen LogP contribution in [0.2, 0.25) is 10.0 Å². The molecule has 0 aliphatic heterocycles. The molecule has 2 heterocycles. The number of carbonyl (C=O) groups excluding carboxylic acids is 2. The number of hydrogen-bond acceptors (Lipinski definition) is 18. The quantitative estimate of drug-likeness (QED) is 0.0456. The SMILES string of the molecule is COc1ccc(CN(c2ccncn2)S(=O)(=O)c2cc(Cl)c(N[C@H]3CC[C@H](c4cccc(C)c4)C[C@@H]3N(C)C(=O)CN(C)C)cc2F)c(OC)c1.COc1ccc(CN(c2ccncn2)S(=O)(=O)c2cc(Cl)c(N[C@H]3CC[C@H](c4cccc(C)c4)C[C@@H]3NC(=O)CN(C)C)cc2F)c(OC)c1. The number of halogens is 4. The number of aromatic nitrogens is 4. The molecule has 101 heavy (non-hydrogen) atoms. The lowest BCUT2D eigenvalue weighted by Crippen LogP contribution is -2.52. The third-order valence-electron chi connectivity index (χ3n) is 18.0. The van der Waals surface area contributed by atoms with Crippen LogP contribution in [0, 0.1) is 25.5 Å². The first kappa shape index (κ1) is 76.3. The minimum Gasteiger partial charge on any atom is -0.497 e. The number of nitrogens with zero attached hydrogens (tertiary/aromatic N) is 9. The van der Waals surface area contributed by atoms with Crippen LogP contribution in [0.1, 0.15) is 83.7 Å². The molecule has 6 atom stereocenters. The van der Waals surface area contributed by atoms with Gasteiger partial charge in [-0.2, -0.15) is 0 Å². The summed E-state index contributed by atoms with van der Waals surface area (Å²) in [5.41, 5.74) is 6.18. The van der Waals surface area contributed by atoms with Crippen molar-refractivity contribution in [3.63, 3.8) is 0 Å². The van der Waals surface area contributed by atoms with Gasteiger partial charge in [0.2, 0.25) is 11.8 Å². The maximum atomic E-state index is 16.1. The molecule has 8 aromatic rings. The highest BCUT2D eigenvalue weighted by Crippen LogP contribution is 2.42. The molecule has 28 heteroatoms. The number of hydrogen-bond donors (Lipinski definition) is 3. The zero-order chi connectivity index (χ0) is 72.9. The minimum absolute atomic E-state index is 0.00816. The third-order valence-corrected chi connectivity index (χ3v) is 22.1. The van der Waals surface area contributed by atoms with E-state index in [0.29, 0.717) is 59.8 Å². The van der Waals surface area contributed by atoms with Crippen molar-refractivity contribution in [3.8, 4) is 23.0 Å². The van der Waals surface area contributed by atoms with E-state index in [4.69, 9.17) is 42.1 Å². The minimum atomic E-state index is -4.57. The van der Waals surface area contributed by atoms with E-state index in [9.17, 15) is 26.4 Å². The lowest BCUT2D eigenvalue weighted by molar-refractivity contribution is -0.133. The number of ether oxygens (including phenoxy) is 4. The van der Waals surface area contributed by atoms with Crippen LogP contribution >= 0.6 is 23.2 Å². The zero-order valence-electron chi connectivity index (χ0n) is 58.3. The predicted molar refractivity (Wildman–Crippen MR) is 389 cm³/mol. The average molecular weight is 1460 g/mol. The molecule has 10 rings (SSSR count). The predicted octanol–water partition coefficient (Wildman–Crippen LogP) is 11.9. The second kappa shape index (κ2) is 34.2. The average Bonchev–Trinajstić information content (AvgIpc) is 0.773. The van der Waals surface area contributed by atoms with E-state index in [1.165, 1.54) is 82.3 Å². The van der Waals surface area contributed by atoms with Gasteiger partial charge < -0.3 is 49.6 Å². The van der Waals surface area contributed by atoms with Crippen LogP contribution in [-0.2, 0) is 42.7 Å². The number of nitrogens with one attached hydrogen (secondary N) is 3. The summed E-state index contributed by atoms with van der Waals surface area (Å²) < 4.78 is 113. The van der Waals surface area contributed by atoms with Crippen molar-refractivity contribution in [1.82, 2.24) is 40.0 Å². The van der Waals surface area contributed by atoms with Gasteiger partial charge in [0.15, 0.2) is 0 Å². The van der Waals surface area contributed by atoms with Crippen LogP contribution in [0.15, 0.2) is 156 Å². The number of sulfonamides is 2. The second-order valence-corrected chi connectivity index (χ2v) is 30.1. The lowest BCUT2D eigenvalue weighted by atomic mass is 9.77. The first-order chi connectivity index (χ1) is 48.2. The standard InChI is InChI=1S/C37H44ClFN6O5S.C36H42ClFN6O5S/c1-24-8-7-9-25(16-24)26-11-13-31(33(17-26)44(4)37(46)22-43(2)3)42-32-20-30(39)35(19-29(32)38)51(47,48)45(36-14-15-40-23-41-36)21-27-10-12-28(49-5)18-34(27)50-6;1-23-7-6-8-24(15-23)25-10-12-30(32(16-25)42-36(45)21-43(2)3)41-31-19-29(38)34(18-28(31)37)50(46,47)44(35-13-14-39-22-40-35)20-26-9-11-27(48-4)17-33(26)49-5/h7-10,12,14-16,18-20,23,26,31,33,42H,11,13,17,21-22H2,1-6H3;6-9,11,13-15,17-19,22,25,30,32,41H,10,12,16,20-21H2,1-5H3,(H,42,45)/t26-,31-,33-;25-,30-,32-/m00/s1. The molecule has 0 bridgehead atoms. The van der Waals surface area contributed by atoms with E-state index in [2.05, 4.69) is 86.1 Å². The van der Waals surface area contributed by atoms with Crippen molar-refractivity contribution in [2.45, 2.75) is 111 Å². The van der Waals surface area contributed by atoms with Gasteiger partial charge in [0.05, 0.1) is 82.1 Å². The van der Waals surface area contributed by atoms with Crippen molar-refractivity contribution in [3.05, 3.63) is 201 Å². The van der Waals surface area contributed by atoms with Crippen molar-refractivity contribution in [2.75, 3.05) is 96.0 Å². The summed E-state index contributed by atoms with van der Waals surface area (Å²) in [4.78, 5) is 46.4. The summed E-state index contributed by atoms with van der Waals surface area (Å²) in [7, 11) is 5.92. The monoisotopic (exact) mass is 1460 g/mol. The van der Waals surface area contributed by atoms with Gasteiger partial charge in [-0.3, -0.25) is 9.59 Å². The van der Waals surface area contributed by atoms with Crippen molar-refractivity contribution in [1.29, 1.82) is 0 Å². The van der Waals surface area contributed by atoms with Crippen LogP contribution in [0.25, 0.3) is 0 Å². The Morgan fingerprint density at radius 2 is 1.00 bits per heavy atom. The third kappa shape index (κ3) is 19.0. The summed E-state index contributed by atoms with van der Waals surface area (Å²) in [6.07, 6.45) is 9.57. The van der Waals surface area contributed by atoms with Crippen molar-refractivity contribution >= 4 is 78.1 Å². The Hall–Kier alpha value is -8.92. The van der Waals surface area contributed by atoms with Crippen LogP contribution in [0.3, 0.4) is 0 Å². The normalized spacial score (nSPS) is 17.6. The second-order valence-electron chi connectivity index (χ2n) is 25.6.